The average molecular weight is 327 g/mol. The molecule has 3 heterocycles. The first-order valence-electron chi connectivity index (χ1n) is 7.59. The summed E-state index contributed by atoms with van der Waals surface area (Å²) in [6.45, 7) is 2.10. The second-order valence-electron chi connectivity index (χ2n) is 5.34. The molecule has 0 spiro atoms. The van der Waals surface area contributed by atoms with Crippen molar-refractivity contribution in [3.8, 4) is 0 Å². The minimum atomic E-state index is -1.00. The molecule has 2 aromatic rings. The zero-order chi connectivity index (χ0) is 16.9. The largest absolute Gasteiger partial charge is 0.478 e. The maximum Gasteiger partial charge on any atom is 0.339 e. The average Bonchev–Trinajstić information content (AvgIpc) is 3.13. The summed E-state index contributed by atoms with van der Waals surface area (Å²) >= 11 is 0. The van der Waals surface area contributed by atoms with Crippen LogP contribution < -0.4 is 4.90 Å². The molecule has 1 amide bonds. The summed E-state index contributed by atoms with van der Waals surface area (Å²) in [5, 5.41) is 9.25. The summed E-state index contributed by atoms with van der Waals surface area (Å²) in [7, 11) is 0. The normalized spacial score (nSPS) is 15.0. The number of rotatable bonds is 4. The van der Waals surface area contributed by atoms with E-state index in [1.165, 1.54) is 12.1 Å². The Morgan fingerprint density at radius 1 is 1.17 bits per heavy atom. The number of carbonyl (C=O) groups excluding carboxylic acids is 1. The first-order valence-corrected chi connectivity index (χ1v) is 7.59. The third-order valence-electron chi connectivity index (χ3n) is 3.84. The number of anilines is 1. The van der Waals surface area contributed by atoms with Crippen molar-refractivity contribution in [1.29, 1.82) is 0 Å². The van der Waals surface area contributed by atoms with Gasteiger partial charge in [0.1, 0.15) is 17.1 Å². The number of aromatic carboxylic acids is 1. The molecule has 2 aromatic heterocycles. The van der Waals surface area contributed by atoms with Gasteiger partial charge in [-0.1, -0.05) is 0 Å². The van der Waals surface area contributed by atoms with E-state index >= 15 is 0 Å². The number of carboxylic acid groups (broad SMARTS) is 1. The fourth-order valence-electron chi connectivity index (χ4n) is 2.60. The molecule has 0 radical (unpaired) electrons. The standard InChI is InChI=1S/C17H17N3O4/c21-15(6-5-13-3-2-12-24-13)19-8-10-20(11-9-19)16-14(17(22)23)4-1-7-18-16/h1-7,12H,8-11H2,(H,22,23)/b6-5+. The summed E-state index contributed by atoms with van der Waals surface area (Å²) in [5.74, 6) is -0.0201. The molecule has 0 aliphatic carbocycles. The molecule has 0 unspecified atom stereocenters. The van der Waals surface area contributed by atoms with E-state index in [1.54, 1.807) is 41.6 Å². The zero-order valence-electron chi connectivity index (χ0n) is 13.0. The van der Waals surface area contributed by atoms with Crippen LogP contribution in [0.1, 0.15) is 16.1 Å². The smallest absolute Gasteiger partial charge is 0.339 e. The SMILES string of the molecule is O=C(O)c1cccnc1N1CCN(C(=O)/C=C/c2ccco2)CC1. The van der Waals surface area contributed by atoms with Crippen LogP contribution in [0.15, 0.2) is 47.2 Å². The summed E-state index contributed by atoms with van der Waals surface area (Å²) in [6.07, 6.45) is 6.25. The fourth-order valence-corrected chi connectivity index (χ4v) is 2.60. The molecule has 0 saturated carbocycles. The van der Waals surface area contributed by atoms with Crippen LogP contribution >= 0.6 is 0 Å². The number of aromatic nitrogens is 1. The summed E-state index contributed by atoms with van der Waals surface area (Å²) < 4.78 is 5.15. The van der Waals surface area contributed by atoms with Crippen LogP contribution in [-0.4, -0.2) is 53.0 Å². The van der Waals surface area contributed by atoms with Gasteiger partial charge in [-0.15, -0.1) is 0 Å². The number of nitrogens with zero attached hydrogens (tertiary/aromatic N) is 3. The summed E-state index contributed by atoms with van der Waals surface area (Å²) in [4.78, 5) is 31.3. The molecule has 1 N–H and O–H groups in total. The lowest BCUT2D eigenvalue weighted by Crippen LogP contribution is -2.49. The van der Waals surface area contributed by atoms with Crippen molar-refractivity contribution in [3.63, 3.8) is 0 Å². The number of piperazine rings is 1. The van der Waals surface area contributed by atoms with E-state index in [9.17, 15) is 14.7 Å². The minimum Gasteiger partial charge on any atom is -0.478 e. The molecule has 3 rings (SSSR count). The number of furan rings is 1. The number of amides is 1. The van der Waals surface area contributed by atoms with E-state index in [0.29, 0.717) is 37.8 Å². The van der Waals surface area contributed by atoms with Gasteiger partial charge in [0, 0.05) is 38.5 Å². The van der Waals surface area contributed by atoms with E-state index in [1.807, 2.05) is 4.90 Å². The summed E-state index contributed by atoms with van der Waals surface area (Å²) in [6, 6.07) is 6.67. The van der Waals surface area contributed by atoms with Gasteiger partial charge < -0.3 is 19.3 Å². The van der Waals surface area contributed by atoms with Crippen molar-refractivity contribution >= 4 is 23.8 Å². The van der Waals surface area contributed by atoms with Gasteiger partial charge in [-0.2, -0.15) is 0 Å². The van der Waals surface area contributed by atoms with E-state index < -0.39 is 5.97 Å². The molecule has 124 valence electrons. The van der Waals surface area contributed by atoms with E-state index in [4.69, 9.17) is 4.42 Å². The molecule has 0 atom stereocenters. The number of hydrogen-bond acceptors (Lipinski definition) is 5. The molecule has 1 aliphatic rings. The molecule has 0 aromatic carbocycles. The van der Waals surface area contributed by atoms with Crippen molar-refractivity contribution < 1.29 is 19.1 Å². The Morgan fingerprint density at radius 2 is 1.96 bits per heavy atom. The van der Waals surface area contributed by atoms with Crippen LogP contribution in [0, 0.1) is 0 Å². The Hall–Kier alpha value is -3.09. The van der Waals surface area contributed by atoms with Gasteiger partial charge in [-0.3, -0.25) is 4.79 Å². The van der Waals surface area contributed by atoms with Gasteiger partial charge in [-0.25, -0.2) is 9.78 Å². The van der Waals surface area contributed by atoms with Gasteiger partial charge in [0.2, 0.25) is 5.91 Å². The highest BCUT2D eigenvalue weighted by Gasteiger charge is 2.23. The van der Waals surface area contributed by atoms with Crippen molar-refractivity contribution in [3.05, 3.63) is 54.1 Å². The number of carbonyl (C=O) groups is 2. The molecule has 7 nitrogen and oxygen atoms in total. The van der Waals surface area contributed by atoms with E-state index in [2.05, 4.69) is 4.98 Å². The Morgan fingerprint density at radius 3 is 2.62 bits per heavy atom. The van der Waals surface area contributed by atoms with Crippen LogP contribution in [0.3, 0.4) is 0 Å². The van der Waals surface area contributed by atoms with Crippen molar-refractivity contribution in [1.82, 2.24) is 9.88 Å². The predicted molar refractivity (Wildman–Crippen MR) is 87.7 cm³/mol. The molecule has 24 heavy (non-hydrogen) atoms. The second-order valence-corrected chi connectivity index (χ2v) is 5.34. The van der Waals surface area contributed by atoms with Crippen LogP contribution in [0.5, 0.6) is 0 Å². The molecule has 7 heteroatoms. The van der Waals surface area contributed by atoms with E-state index in [0.717, 1.165) is 0 Å². The maximum atomic E-state index is 12.2. The van der Waals surface area contributed by atoms with Gasteiger partial charge in [0.15, 0.2) is 0 Å². The van der Waals surface area contributed by atoms with Crippen LogP contribution in [0.25, 0.3) is 6.08 Å². The van der Waals surface area contributed by atoms with Crippen LogP contribution in [-0.2, 0) is 4.79 Å². The summed E-state index contributed by atoms with van der Waals surface area (Å²) in [5.41, 5.74) is 0.176. The molecular weight excluding hydrogens is 310 g/mol. The van der Waals surface area contributed by atoms with Crippen molar-refractivity contribution in [2.45, 2.75) is 0 Å². The Kier molecular flexibility index (Phi) is 4.60. The van der Waals surface area contributed by atoms with Crippen LogP contribution in [0.4, 0.5) is 5.82 Å². The topological polar surface area (TPSA) is 86.9 Å². The van der Waals surface area contributed by atoms with Crippen molar-refractivity contribution in [2.75, 3.05) is 31.1 Å². The first kappa shape index (κ1) is 15.8. The highest BCUT2D eigenvalue weighted by molar-refractivity contribution is 5.93. The van der Waals surface area contributed by atoms with E-state index in [-0.39, 0.29) is 11.5 Å². The van der Waals surface area contributed by atoms with Gasteiger partial charge in [0.05, 0.1) is 6.26 Å². The minimum absolute atomic E-state index is 0.0921. The Bertz CT molecular complexity index is 747. The lowest BCUT2D eigenvalue weighted by atomic mass is 10.2. The van der Waals surface area contributed by atoms with Crippen LogP contribution in [0.2, 0.25) is 0 Å². The highest BCUT2D eigenvalue weighted by atomic mass is 16.4. The zero-order valence-corrected chi connectivity index (χ0v) is 13.0. The van der Waals surface area contributed by atoms with Crippen molar-refractivity contribution in [2.24, 2.45) is 0 Å². The van der Waals surface area contributed by atoms with Gasteiger partial charge >= 0.3 is 5.97 Å². The molecule has 1 saturated heterocycles. The number of pyridine rings is 1. The fraction of sp³-hybridized carbons (Fsp3) is 0.235. The molecule has 0 bridgehead atoms. The predicted octanol–water partition coefficient (Wildman–Crippen LogP) is 1.73. The molecular formula is C17H17N3O4. The number of carboxylic acids is 1. The third kappa shape index (κ3) is 3.45. The monoisotopic (exact) mass is 327 g/mol. The second kappa shape index (κ2) is 6.99. The first-order chi connectivity index (χ1) is 11.6. The number of hydrogen-bond donors (Lipinski definition) is 1. The Labute approximate surface area is 138 Å². The Balaban J connectivity index is 1.62. The molecule has 1 aliphatic heterocycles. The molecule has 1 fully saturated rings. The van der Waals surface area contributed by atoms with Gasteiger partial charge in [-0.05, 0) is 30.3 Å². The lowest BCUT2D eigenvalue weighted by Gasteiger charge is -2.35. The highest BCUT2D eigenvalue weighted by Crippen LogP contribution is 2.19. The lowest BCUT2D eigenvalue weighted by molar-refractivity contribution is -0.126. The quantitative estimate of drug-likeness (QED) is 0.861. The van der Waals surface area contributed by atoms with Gasteiger partial charge in [0.25, 0.3) is 0 Å². The maximum absolute atomic E-state index is 12.2. The third-order valence-corrected chi connectivity index (χ3v) is 3.84.